The SMILES string of the molecule is Cn1cnc2cc(C(=O)NC3c4ccccc4CC3O)ccc21. The van der Waals surface area contributed by atoms with Crippen molar-refractivity contribution in [3.05, 3.63) is 65.5 Å². The van der Waals surface area contributed by atoms with Crippen LogP contribution < -0.4 is 5.32 Å². The summed E-state index contributed by atoms with van der Waals surface area (Å²) < 4.78 is 1.91. The van der Waals surface area contributed by atoms with Gasteiger partial charge in [0.15, 0.2) is 0 Å². The number of aliphatic hydroxyl groups is 1. The summed E-state index contributed by atoms with van der Waals surface area (Å²) in [5.41, 5.74) is 4.39. The summed E-state index contributed by atoms with van der Waals surface area (Å²) in [7, 11) is 1.92. The van der Waals surface area contributed by atoms with Crippen LogP contribution in [0.4, 0.5) is 0 Å². The molecule has 0 spiro atoms. The van der Waals surface area contributed by atoms with E-state index in [0.29, 0.717) is 12.0 Å². The lowest BCUT2D eigenvalue weighted by molar-refractivity contribution is 0.0858. The molecule has 0 saturated heterocycles. The summed E-state index contributed by atoms with van der Waals surface area (Å²) in [5.74, 6) is -0.196. The number of hydrogen-bond acceptors (Lipinski definition) is 3. The van der Waals surface area contributed by atoms with E-state index in [1.807, 2.05) is 41.9 Å². The van der Waals surface area contributed by atoms with Crippen LogP contribution in [-0.2, 0) is 13.5 Å². The van der Waals surface area contributed by atoms with Crippen LogP contribution in [0.15, 0.2) is 48.8 Å². The molecule has 2 N–H and O–H groups in total. The van der Waals surface area contributed by atoms with Gasteiger partial charge in [-0.1, -0.05) is 24.3 Å². The first-order valence-electron chi connectivity index (χ1n) is 7.61. The molecule has 23 heavy (non-hydrogen) atoms. The molecule has 2 aromatic carbocycles. The molecular formula is C18H17N3O2. The molecule has 0 bridgehead atoms. The lowest BCUT2D eigenvalue weighted by Gasteiger charge is -2.18. The predicted molar refractivity (Wildman–Crippen MR) is 87.1 cm³/mol. The fourth-order valence-electron chi connectivity index (χ4n) is 3.25. The Morgan fingerprint density at radius 1 is 1.30 bits per heavy atom. The van der Waals surface area contributed by atoms with Gasteiger partial charge in [0, 0.05) is 19.0 Å². The van der Waals surface area contributed by atoms with Gasteiger partial charge in [-0.2, -0.15) is 0 Å². The molecule has 1 aliphatic carbocycles. The minimum absolute atomic E-state index is 0.196. The molecular weight excluding hydrogens is 290 g/mol. The molecule has 1 aliphatic rings. The maximum Gasteiger partial charge on any atom is 0.251 e. The Morgan fingerprint density at radius 3 is 3.00 bits per heavy atom. The van der Waals surface area contributed by atoms with Crippen LogP contribution in [0.25, 0.3) is 11.0 Å². The quantitative estimate of drug-likeness (QED) is 0.760. The number of nitrogens with zero attached hydrogens (tertiary/aromatic N) is 2. The fraction of sp³-hybridized carbons (Fsp3) is 0.222. The van der Waals surface area contributed by atoms with Crippen molar-refractivity contribution in [2.75, 3.05) is 0 Å². The highest BCUT2D eigenvalue weighted by Gasteiger charge is 2.32. The highest BCUT2D eigenvalue weighted by Crippen LogP contribution is 2.31. The summed E-state index contributed by atoms with van der Waals surface area (Å²) in [5, 5.41) is 13.2. The van der Waals surface area contributed by atoms with Crippen molar-refractivity contribution in [2.45, 2.75) is 18.6 Å². The largest absolute Gasteiger partial charge is 0.390 e. The van der Waals surface area contributed by atoms with E-state index in [9.17, 15) is 9.90 Å². The number of fused-ring (bicyclic) bond motifs is 2. The van der Waals surface area contributed by atoms with Crippen LogP contribution in [0.3, 0.4) is 0 Å². The van der Waals surface area contributed by atoms with Crippen molar-refractivity contribution in [1.29, 1.82) is 0 Å². The van der Waals surface area contributed by atoms with Crippen molar-refractivity contribution in [2.24, 2.45) is 7.05 Å². The van der Waals surface area contributed by atoms with Crippen molar-refractivity contribution in [3.8, 4) is 0 Å². The number of hydrogen-bond donors (Lipinski definition) is 2. The van der Waals surface area contributed by atoms with E-state index in [-0.39, 0.29) is 11.9 Å². The molecule has 2 unspecified atom stereocenters. The molecule has 3 aromatic rings. The summed E-state index contributed by atoms with van der Waals surface area (Å²) in [6, 6.07) is 12.9. The fourth-order valence-corrected chi connectivity index (χ4v) is 3.25. The Morgan fingerprint density at radius 2 is 2.13 bits per heavy atom. The Kier molecular flexibility index (Phi) is 3.16. The number of aliphatic hydroxyl groups excluding tert-OH is 1. The van der Waals surface area contributed by atoms with Gasteiger partial charge in [0.2, 0.25) is 0 Å². The first-order chi connectivity index (χ1) is 11.1. The Labute approximate surface area is 133 Å². The van der Waals surface area contributed by atoms with Crippen molar-refractivity contribution in [3.63, 3.8) is 0 Å². The third-order valence-corrected chi connectivity index (χ3v) is 4.48. The number of aryl methyl sites for hydroxylation is 1. The van der Waals surface area contributed by atoms with E-state index in [0.717, 1.165) is 22.2 Å². The van der Waals surface area contributed by atoms with Gasteiger partial charge in [0.1, 0.15) is 0 Å². The highest BCUT2D eigenvalue weighted by molar-refractivity contribution is 5.97. The number of aromatic nitrogens is 2. The standard InChI is InChI=1S/C18H17N3O2/c1-21-10-19-14-8-12(6-7-15(14)21)18(23)20-17-13-5-3-2-4-11(13)9-16(17)22/h2-8,10,16-17,22H,9H2,1H3,(H,20,23). The van der Waals surface area contributed by atoms with E-state index < -0.39 is 6.10 Å². The summed E-state index contributed by atoms with van der Waals surface area (Å²) >= 11 is 0. The molecule has 0 aliphatic heterocycles. The van der Waals surface area contributed by atoms with E-state index in [2.05, 4.69) is 10.3 Å². The number of imidazole rings is 1. The summed E-state index contributed by atoms with van der Waals surface area (Å²) in [6.07, 6.45) is 1.71. The summed E-state index contributed by atoms with van der Waals surface area (Å²) in [4.78, 5) is 16.8. The lowest BCUT2D eigenvalue weighted by atomic mass is 10.1. The van der Waals surface area contributed by atoms with Crippen LogP contribution in [-0.4, -0.2) is 26.7 Å². The van der Waals surface area contributed by atoms with Gasteiger partial charge in [-0.05, 0) is 29.3 Å². The van der Waals surface area contributed by atoms with Gasteiger partial charge in [-0.15, -0.1) is 0 Å². The van der Waals surface area contributed by atoms with Crippen LogP contribution >= 0.6 is 0 Å². The smallest absolute Gasteiger partial charge is 0.251 e. The molecule has 1 aromatic heterocycles. The number of carbonyl (C=O) groups is 1. The number of rotatable bonds is 2. The first-order valence-corrected chi connectivity index (χ1v) is 7.61. The second-order valence-electron chi connectivity index (χ2n) is 5.98. The first kappa shape index (κ1) is 14.0. The zero-order chi connectivity index (χ0) is 16.0. The summed E-state index contributed by atoms with van der Waals surface area (Å²) in [6.45, 7) is 0. The highest BCUT2D eigenvalue weighted by atomic mass is 16.3. The zero-order valence-corrected chi connectivity index (χ0v) is 12.7. The van der Waals surface area contributed by atoms with Gasteiger partial charge < -0.3 is 15.0 Å². The van der Waals surface area contributed by atoms with Crippen LogP contribution in [0.5, 0.6) is 0 Å². The number of nitrogens with one attached hydrogen (secondary N) is 1. The number of amides is 1. The molecule has 0 fully saturated rings. The van der Waals surface area contributed by atoms with Gasteiger partial charge >= 0.3 is 0 Å². The van der Waals surface area contributed by atoms with Crippen molar-refractivity contribution in [1.82, 2.24) is 14.9 Å². The lowest BCUT2D eigenvalue weighted by Crippen LogP contribution is -2.33. The topological polar surface area (TPSA) is 67.2 Å². The third kappa shape index (κ3) is 2.29. The minimum atomic E-state index is -0.588. The van der Waals surface area contributed by atoms with Crippen LogP contribution in [0.2, 0.25) is 0 Å². The van der Waals surface area contributed by atoms with Gasteiger partial charge in [-0.25, -0.2) is 4.98 Å². The Balaban J connectivity index is 1.62. The average molecular weight is 307 g/mol. The molecule has 0 saturated carbocycles. The maximum atomic E-state index is 12.5. The molecule has 2 atom stereocenters. The third-order valence-electron chi connectivity index (χ3n) is 4.48. The second kappa shape index (κ2) is 5.21. The van der Waals surface area contributed by atoms with E-state index in [1.165, 1.54) is 0 Å². The van der Waals surface area contributed by atoms with Crippen molar-refractivity contribution >= 4 is 16.9 Å². The molecule has 116 valence electrons. The molecule has 5 heteroatoms. The van der Waals surface area contributed by atoms with E-state index >= 15 is 0 Å². The number of carbonyl (C=O) groups excluding carboxylic acids is 1. The Bertz CT molecular complexity index is 900. The predicted octanol–water partition coefficient (Wildman–Crippen LogP) is 1.96. The van der Waals surface area contributed by atoms with Crippen molar-refractivity contribution < 1.29 is 9.90 Å². The minimum Gasteiger partial charge on any atom is -0.390 e. The maximum absolute atomic E-state index is 12.5. The average Bonchev–Trinajstić information content (AvgIpc) is 3.08. The molecule has 4 rings (SSSR count). The molecule has 5 nitrogen and oxygen atoms in total. The van der Waals surface area contributed by atoms with Gasteiger partial charge in [-0.3, -0.25) is 4.79 Å². The molecule has 1 amide bonds. The van der Waals surface area contributed by atoms with Gasteiger partial charge in [0.25, 0.3) is 5.91 Å². The zero-order valence-electron chi connectivity index (χ0n) is 12.7. The molecule has 0 radical (unpaired) electrons. The van der Waals surface area contributed by atoms with Crippen LogP contribution in [0.1, 0.15) is 27.5 Å². The Hall–Kier alpha value is -2.66. The van der Waals surface area contributed by atoms with E-state index in [1.54, 1.807) is 18.5 Å². The van der Waals surface area contributed by atoms with Gasteiger partial charge in [0.05, 0.1) is 29.5 Å². The monoisotopic (exact) mass is 307 g/mol. The van der Waals surface area contributed by atoms with Crippen LogP contribution in [0, 0.1) is 0 Å². The normalized spacial score (nSPS) is 19.7. The molecule has 1 heterocycles. The number of benzene rings is 2. The second-order valence-corrected chi connectivity index (χ2v) is 5.98. The van der Waals surface area contributed by atoms with E-state index in [4.69, 9.17) is 0 Å².